The third kappa shape index (κ3) is 4.96. The molecule has 2 N–H and O–H groups in total. The predicted octanol–water partition coefficient (Wildman–Crippen LogP) is 5.08. The number of aromatic hydroxyl groups is 1. The van der Waals surface area contributed by atoms with Gasteiger partial charge in [0.2, 0.25) is 0 Å². The van der Waals surface area contributed by atoms with E-state index in [-0.39, 0.29) is 23.6 Å². The Labute approximate surface area is 210 Å². The van der Waals surface area contributed by atoms with Crippen LogP contribution in [0.1, 0.15) is 22.5 Å². The van der Waals surface area contributed by atoms with Gasteiger partial charge in [-0.05, 0) is 74.7 Å². The summed E-state index contributed by atoms with van der Waals surface area (Å²) in [5.41, 5.74) is 6.23. The Balaban J connectivity index is 1.53. The number of benzene rings is 3. The van der Waals surface area contributed by atoms with Crippen molar-refractivity contribution in [2.24, 2.45) is 0 Å². The van der Waals surface area contributed by atoms with E-state index in [4.69, 9.17) is 0 Å². The number of hydrogen-bond acceptors (Lipinski definition) is 5. The molecular formula is C27H27N3O5S. The standard InChI is InChI=1S/C27H27N3O5S/c1-18-4-14-25(15-5-18)36(34,35)29(27(32)33)17-16-21-6-10-23(11-7-21)30-20(3)26(19(2)28-30)22-8-12-24(31)13-9-22/h4-15,31H,16-17H2,1-3H3,(H,32,33). The van der Waals surface area contributed by atoms with Gasteiger partial charge in [0.15, 0.2) is 0 Å². The third-order valence-electron chi connectivity index (χ3n) is 6.05. The van der Waals surface area contributed by atoms with E-state index >= 15 is 0 Å². The Morgan fingerprint density at radius 1 is 0.917 bits per heavy atom. The van der Waals surface area contributed by atoms with E-state index in [2.05, 4.69) is 5.10 Å². The Hall–Kier alpha value is -4.11. The molecule has 0 aliphatic heterocycles. The average molecular weight is 506 g/mol. The predicted molar refractivity (Wildman–Crippen MR) is 137 cm³/mol. The number of carbonyl (C=O) groups is 1. The van der Waals surface area contributed by atoms with E-state index in [1.807, 2.05) is 61.9 Å². The normalized spacial score (nSPS) is 11.4. The summed E-state index contributed by atoms with van der Waals surface area (Å²) in [7, 11) is -4.17. The summed E-state index contributed by atoms with van der Waals surface area (Å²) in [5, 5.41) is 23.8. The summed E-state index contributed by atoms with van der Waals surface area (Å²) < 4.78 is 28.1. The molecule has 0 aliphatic rings. The number of phenols is 1. The molecule has 0 fully saturated rings. The lowest BCUT2D eigenvalue weighted by atomic mass is 10.0. The lowest BCUT2D eigenvalue weighted by Gasteiger charge is -2.19. The maximum absolute atomic E-state index is 12.9. The first kappa shape index (κ1) is 25.0. The molecule has 8 nitrogen and oxygen atoms in total. The average Bonchev–Trinajstić information content (AvgIpc) is 3.14. The zero-order chi connectivity index (χ0) is 26.0. The molecule has 186 valence electrons. The second kappa shape index (κ2) is 9.87. The van der Waals surface area contributed by atoms with Crippen molar-refractivity contribution in [3.63, 3.8) is 0 Å². The lowest BCUT2D eigenvalue weighted by Crippen LogP contribution is -2.37. The number of phenolic OH excluding ortho intramolecular Hbond substituents is 1. The van der Waals surface area contributed by atoms with Crippen molar-refractivity contribution in [2.45, 2.75) is 32.1 Å². The molecule has 0 saturated carbocycles. The summed E-state index contributed by atoms with van der Waals surface area (Å²) in [6.45, 7) is 5.52. The minimum atomic E-state index is -4.17. The number of carboxylic acid groups (broad SMARTS) is 1. The van der Waals surface area contributed by atoms with Gasteiger partial charge >= 0.3 is 6.09 Å². The van der Waals surface area contributed by atoms with Crippen LogP contribution in [0.25, 0.3) is 16.8 Å². The summed E-state index contributed by atoms with van der Waals surface area (Å²) in [5.74, 6) is 0.199. The fourth-order valence-electron chi connectivity index (χ4n) is 4.13. The Morgan fingerprint density at radius 3 is 2.11 bits per heavy atom. The largest absolute Gasteiger partial charge is 0.508 e. The molecule has 3 aromatic carbocycles. The molecule has 1 aromatic heterocycles. The van der Waals surface area contributed by atoms with E-state index in [0.717, 1.165) is 39.3 Å². The van der Waals surface area contributed by atoms with Crippen molar-refractivity contribution < 1.29 is 23.4 Å². The molecule has 1 amide bonds. The highest BCUT2D eigenvalue weighted by atomic mass is 32.2. The SMILES string of the molecule is Cc1ccc(S(=O)(=O)N(CCc2ccc(-n3nc(C)c(-c4ccc(O)cc4)c3C)cc2)C(=O)O)cc1. The van der Waals surface area contributed by atoms with Crippen LogP contribution >= 0.6 is 0 Å². The maximum Gasteiger partial charge on any atom is 0.421 e. The van der Waals surface area contributed by atoms with Gasteiger partial charge in [-0.3, -0.25) is 0 Å². The minimum absolute atomic E-state index is 0.0557. The van der Waals surface area contributed by atoms with Gasteiger partial charge in [0.25, 0.3) is 10.0 Å². The third-order valence-corrected chi connectivity index (χ3v) is 7.84. The second-order valence-electron chi connectivity index (χ2n) is 8.59. The van der Waals surface area contributed by atoms with Gasteiger partial charge in [-0.1, -0.05) is 42.0 Å². The molecule has 4 rings (SSSR count). The Bertz CT molecular complexity index is 1490. The Kier molecular flexibility index (Phi) is 6.85. The summed E-state index contributed by atoms with van der Waals surface area (Å²) in [6, 6.07) is 20.5. The molecule has 9 heteroatoms. The van der Waals surface area contributed by atoms with Gasteiger partial charge in [0.1, 0.15) is 5.75 Å². The number of rotatable bonds is 7. The van der Waals surface area contributed by atoms with Crippen LogP contribution in [0.5, 0.6) is 5.75 Å². The number of nitrogens with zero attached hydrogens (tertiary/aromatic N) is 3. The maximum atomic E-state index is 12.9. The van der Waals surface area contributed by atoms with E-state index < -0.39 is 16.1 Å². The van der Waals surface area contributed by atoms with E-state index in [1.54, 1.807) is 24.3 Å². The first-order valence-corrected chi connectivity index (χ1v) is 12.8. The van der Waals surface area contributed by atoms with Crippen molar-refractivity contribution in [1.29, 1.82) is 0 Å². The zero-order valence-corrected chi connectivity index (χ0v) is 21.0. The van der Waals surface area contributed by atoms with Crippen LogP contribution in [0.3, 0.4) is 0 Å². The number of hydrogen-bond donors (Lipinski definition) is 2. The van der Waals surface area contributed by atoms with Crippen LogP contribution in [0, 0.1) is 20.8 Å². The highest BCUT2D eigenvalue weighted by molar-refractivity contribution is 7.89. The minimum Gasteiger partial charge on any atom is -0.508 e. The van der Waals surface area contributed by atoms with Gasteiger partial charge < -0.3 is 10.2 Å². The highest BCUT2D eigenvalue weighted by Crippen LogP contribution is 2.30. The molecule has 0 atom stereocenters. The lowest BCUT2D eigenvalue weighted by molar-refractivity contribution is 0.172. The van der Waals surface area contributed by atoms with Crippen molar-refractivity contribution >= 4 is 16.1 Å². The summed E-state index contributed by atoms with van der Waals surface area (Å²) >= 11 is 0. The van der Waals surface area contributed by atoms with Crippen LogP contribution in [-0.4, -0.2) is 45.4 Å². The fourth-order valence-corrected chi connectivity index (χ4v) is 5.40. The molecule has 0 radical (unpaired) electrons. The Morgan fingerprint density at radius 2 is 1.53 bits per heavy atom. The smallest absolute Gasteiger partial charge is 0.421 e. The van der Waals surface area contributed by atoms with Gasteiger partial charge in [0, 0.05) is 17.8 Å². The topological polar surface area (TPSA) is 113 Å². The quantitative estimate of drug-likeness (QED) is 0.362. The molecule has 0 saturated heterocycles. The fraction of sp³-hybridized carbons (Fsp3) is 0.185. The first-order chi connectivity index (χ1) is 17.1. The second-order valence-corrected chi connectivity index (χ2v) is 10.5. The molecule has 4 aromatic rings. The molecule has 0 spiro atoms. The van der Waals surface area contributed by atoms with Crippen molar-refractivity contribution in [1.82, 2.24) is 14.1 Å². The summed E-state index contributed by atoms with van der Waals surface area (Å²) in [6.07, 6.45) is -1.29. The van der Waals surface area contributed by atoms with Gasteiger partial charge in [-0.2, -0.15) is 5.10 Å². The van der Waals surface area contributed by atoms with Gasteiger partial charge in [-0.15, -0.1) is 0 Å². The van der Waals surface area contributed by atoms with Gasteiger partial charge in [-0.25, -0.2) is 22.2 Å². The van der Waals surface area contributed by atoms with Crippen molar-refractivity contribution in [2.75, 3.05) is 6.54 Å². The molecule has 36 heavy (non-hydrogen) atoms. The van der Waals surface area contributed by atoms with Crippen LogP contribution in [0.2, 0.25) is 0 Å². The van der Waals surface area contributed by atoms with Crippen LogP contribution in [0.4, 0.5) is 4.79 Å². The van der Waals surface area contributed by atoms with Crippen molar-refractivity contribution in [3.05, 3.63) is 95.3 Å². The van der Waals surface area contributed by atoms with Crippen LogP contribution in [0.15, 0.2) is 77.7 Å². The molecular weight excluding hydrogens is 478 g/mol. The van der Waals surface area contributed by atoms with Gasteiger partial charge in [0.05, 0.1) is 16.3 Å². The number of aryl methyl sites for hydroxylation is 2. The molecule has 0 unspecified atom stereocenters. The van der Waals surface area contributed by atoms with Crippen LogP contribution < -0.4 is 0 Å². The molecule has 0 bridgehead atoms. The van der Waals surface area contributed by atoms with Crippen LogP contribution in [-0.2, 0) is 16.4 Å². The highest BCUT2D eigenvalue weighted by Gasteiger charge is 2.28. The first-order valence-electron chi connectivity index (χ1n) is 11.3. The van der Waals surface area contributed by atoms with E-state index in [0.29, 0.717) is 4.31 Å². The number of sulfonamides is 1. The monoisotopic (exact) mass is 505 g/mol. The van der Waals surface area contributed by atoms with E-state index in [9.17, 15) is 23.4 Å². The zero-order valence-electron chi connectivity index (χ0n) is 20.2. The van der Waals surface area contributed by atoms with Crippen molar-refractivity contribution in [3.8, 4) is 22.6 Å². The summed E-state index contributed by atoms with van der Waals surface area (Å²) in [4.78, 5) is 11.7. The number of amides is 1. The molecule has 0 aliphatic carbocycles. The molecule has 1 heterocycles. The number of aromatic nitrogens is 2. The van der Waals surface area contributed by atoms with E-state index in [1.165, 1.54) is 12.1 Å².